The zero-order valence-corrected chi connectivity index (χ0v) is 13.5. The van der Waals surface area contributed by atoms with Crippen molar-refractivity contribution in [3.8, 4) is 5.75 Å². The number of hydrogen-bond acceptors (Lipinski definition) is 4. The molecule has 1 N–H and O–H groups in total. The molecule has 2 rings (SSSR count). The minimum atomic E-state index is 0.470. The number of halogens is 1. The zero-order chi connectivity index (χ0) is 15.2. The van der Waals surface area contributed by atoms with Gasteiger partial charge >= 0.3 is 0 Å². The van der Waals surface area contributed by atoms with Crippen molar-refractivity contribution in [2.45, 2.75) is 26.7 Å². The summed E-state index contributed by atoms with van der Waals surface area (Å²) in [4.78, 5) is 0. The van der Waals surface area contributed by atoms with Crippen LogP contribution in [0, 0.1) is 4.77 Å². The van der Waals surface area contributed by atoms with Gasteiger partial charge in [-0.05, 0) is 42.4 Å². The van der Waals surface area contributed by atoms with E-state index >= 15 is 0 Å². The number of H-pyrrole nitrogens is 1. The molecule has 5 nitrogen and oxygen atoms in total. The van der Waals surface area contributed by atoms with E-state index in [0.717, 1.165) is 24.2 Å². The molecule has 0 aliphatic heterocycles. The van der Waals surface area contributed by atoms with Crippen LogP contribution in [0.4, 0.5) is 0 Å². The van der Waals surface area contributed by atoms with Crippen molar-refractivity contribution in [1.29, 1.82) is 0 Å². The van der Waals surface area contributed by atoms with E-state index < -0.39 is 0 Å². The molecule has 2 aromatic rings. The van der Waals surface area contributed by atoms with Crippen LogP contribution in [0.3, 0.4) is 0 Å². The maximum atomic E-state index is 6.18. The second-order valence-corrected chi connectivity index (χ2v) is 5.19. The molecule has 0 saturated heterocycles. The normalized spacial score (nSPS) is 11.2. The molecule has 1 aromatic carbocycles. The zero-order valence-electron chi connectivity index (χ0n) is 12.0. The van der Waals surface area contributed by atoms with Crippen molar-refractivity contribution >= 4 is 30.0 Å². The number of aromatic nitrogens is 3. The molecule has 0 fully saturated rings. The number of ether oxygens (including phenoxy) is 1. The van der Waals surface area contributed by atoms with Crippen molar-refractivity contribution < 1.29 is 4.74 Å². The monoisotopic (exact) mass is 324 g/mol. The van der Waals surface area contributed by atoms with Gasteiger partial charge in [-0.3, -0.25) is 5.10 Å². The third-order valence-electron chi connectivity index (χ3n) is 2.77. The van der Waals surface area contributed by atoms with Gasteiger partial charge in [0, 0.05) is 6.42 Å². The van der Waals surface area contributed by atoms with E-state index in [2.05, 4.69) is 22.2 Å². The van der Waals surface area contributed by atoms with E-state index in [1.165, 1.54) is 0 Å². The highest BCUT2D eigenvalue weighted by Crippen LogP contribution is 2.25. The minimum Gasteiger partial charge on any atom is -0.492 e. The van der Waals surface area contributed by atoms with Crippen LogP contribution in [-0.2, 0) is 6.42 Å². The standard InChI is InChI=1S/C14H17ClN4OS/c1-3-7-20-12-6-5-10(8-11(12)15)9-16-19-13(4-2)17-18-14(19)21/h5-6,8-9H,3-4,7H2,1-2H3,(H,18,21)/b16-9-. The minimum absolute atomic E-state index is 0.470. The van der Waals surface area contributed by atoms with E-state index in [9.17, 15) is 0 Å². The van der Waals surface area contributed by atoms with Gasteiger partial charge in [-0.2, -0.15) is 14.9 Å². The number of rotatable bonds is 6. The van der Waals surface area contributed by atoms with Crippen LogP contribution in [0.25, 0.3) is 0 Å². The summed E-state index contributed by atoms with van der Waals surface area (Å²) < 4.78 is 7.61. The molecular weight excluding hydrogens is 308 g/mol. The van der Waals surface area contributed by atoms with Crippen LogP contribution in [0.15, 0.2) is 23.3 Å². The SMILES string of the molecule is CCCOc1ccc(/C=N\n2c(CC)n[nH]c2=S)cc1Cl. The van der Waals surface area contributed by atoms with E-state index in [1.54, 1.807) is 10.9 Å². The summed E-state index contributed by atoms with van der Waals surface area (Å²) in [5.74, 6) is 1.47. The summed E-state index contributed by atoms with van der Waals surface area (Å²) in [5, 5.41) is 11.7. The number of nitrogens with zero attached hydrogens (tertiary/aromatic N) is 3. The Morgan fingerprint density at radius 2 is 2.29 bits per heavy atom. The summed E-state index contributed by atoms with van der Waals surface area (Å²) >= 11 is 11.3. The van der Waals surface area contributed by atoms with E-state index in [1.807, 2.05) is 25.1 Å². The summed E-state index contributed by atoms with van der Waals surface area (Å²) in [6, 6.07) is 5.55. The molecular formula is C14H17ClN4OS. The molecule has 0 aliphatic rings. The largest absolute Gasteiger partial charge is 0.492 e. The average Bonchev–Trinajstić information content (AvgIpc) is 2.84. The third-order valence-corrected chi connectivity index (χ3v) is 3.33. The van der Waals surface area contributed by atoms with Gasteiger partial charge in [-0.25, -0.2) is 0 Å². The van der Waals surface area contributed by atoms with Gasteiger partial charge in [0.25, 0.3) is 0 Å². The summed E-state index contributed by atoms with van der Waals surface area (Å²) in [7, 11) is 0. The van der Waals surface area contributed by atoms with E-state index in [0.29, 0.717) is 22.2 Å². The molecule has 0 aliphatic carbocycles. The second kappa shape index (κ2) is 7.38. The Bertz CT molecular complexity index is 693. The fourth-order valence-corrected chi connectivity index (χ4v) is 2.16. The molecule has 0 spiro atoms. The molecule has 1 aromatic heterocycles. The number of nitrogens with one attached hydrogen (secondary N) is 1. The predicted molar refractivity (Wildman–Crippen MR) is 87.0 cm³/mol. The van der Waals surface area contributed by atoms with Gasteiger partial charge in [0.1, 0.15) is 5.75 Å². The fraction of sp³-hybridized carbons (Fsp3) is 0.357. The molecule has 0 radical (unpaired) electrons. The van der Waals surface area contributed by atoms with Crippen LogP contribution >= 0.6 is 23.8 Å². The lowest BCUT2D eigenvalue weighted by Gasteiger charge is -2.06. The van der Waals surface area contributed by atoms with Crippen molar-refractivity contribution in [2.24, 2.45) is 5.10 Å². The maximum absolute atomic E-state index is 6.18. The molecule has 0 unspecified atom stereocenters. The van der Waals surface area contributed by atoms with Crippen molar-refractivity contribution in [1.82, 2.24) is 14.9 Å². The maximum Gasteiger partial charge on any atom is 0.216 e. The molecule has 21 heavy (non-hydrogen) atoms. The smallest absolute Gasteiger partial charge is 0.216 e. The Balaban J connectivity index is 2.19. The van der Waals surface area contributed by atoms with Crippen LogP contribution < -0.4 is 4.74 Å². The number of aromatic amines is 1. The van der Waals surface area contributed by atoms with E-state index in [4.69, 9.17) is 28.6 Å². The lowest BCUT2D eigenvalue weighted by Crippen LogP contribution is -1.98. The quantitative estimate of drug-likeness (QED) is 0.649. The summed E-state index contributed by atoms with van der Waals surface area (Å²) in [5.41, 5.74) is 0.869. The van der Waals surface area contributed by atoms with Crippen LogP contribution in [-0.4, -0.2) is 27.7 Å². The topological polar surface area (TPSA) is 55.2 Å². The Morgan fingerprint density at radius 1 is 1.48 bits per heavy atom. The third kappa shape index (κ3) is 3.92. The Kier molecular flexibility index (Phi) is 5.52. The molecule has 0 amide bonds. The first-order chi connectivity index (χ1) is 10.2. The van der Waals surface area contributed by atoms with Crippen LogP contribution in [0.2, 0.25) is 5.02 Å². The van der Waals surface area contributed by atoms with Gasteiger partial charge in [0.15, 0.2) is 5.82 Å². The lowest BCUT2D eigenvalue weighted by molar-refractivity contribution is 0.317. The first-order valence-electron chi connectivity index (χ1n) is 6.78. The van der Waals surface area contributed by atoms with Gasteiger partial charge in [-0.1, -0.05) is 25.4 Å². The number of aryl methyl sites for hydroxylation is 1. The van der Waals surface area contributed by atoms with Gasteiger partial charge < -0.3 is 4.74 Å². The van der Waals surface area contributed by atoms with Crippen molar-refractivity contribution in [2.75, 3.05) is 6.61 Å². The highest BCUT2D eigenvalue weighted by atomic mass is 35.5. The van der Waals surface area contributed by atoms with Gasteiger partial charge in [0.05, 0.1) is 17.8 Å². The predicted octanol–water partition coefficient (Wildman–Crippen LogP) is 3.83. The van der Waals surface area contributed by atoms with Gasteiger partial charge in [0.2, 0.25) is 4.77 Å². The van der Waals surface area contributed by atoms with E-state index in [-0.39, 0.29) is 0 Å². The number of hydrogen-bond donors (Lipinski definition) is 1. The molecule has 0 atom stereocenters. The Hall–Kier alpha value is -1.66. The van der Waals surface area contributed by atoms with Crippen LogP contribution in [0.5, 0.6) is 5.75 Å². The van der Waals surface area contributed by atoms with Crippen LogP contribution in [0.1, 0.15) is 31.7 Å². The lowest BCUT2D eigenvalue weighted by atomic mass is 10.2. The summed E-state index contributed by atoms with van der Waals surface area (Å²) in [6.45, 7) is 4.69. The average molecular weight is 325 g/mol. The second-order valence-electron chi connectivity index (χ2n) is 4.39. The molecule has 7 heteroatoms. The highest BCUT2D eigenvalue weighted by molar-refractivity contribution is 7.71. The van der Waals surface area contributed by atoms with Crippen molar-refractivity contribution in [3.63, 3.8) is 0 Å². The van der Waals surface area contributed by atoms with Gasteiger partial charge in [-0.15, -0.1) is 0 Å². The first-order valence-corrected chi connectivity index (χ1v) is 7.57. The molecule has 0 bridgehead atoms. The fourth-order valence-electron chi connectivity index (χ4n) is 1.72. The first kappa shape index (κ1) is 15.7. The summed E-state index contributed by atoms with van der Waals surface area (Å²) in [6.07, 6.45) is 3.38. The Labute approximate surface area is 133 Å². The Morgan fingerprint density at radius 3 is 2.95 bits per heavy atom. The highest BCUT2D eigenvalue weighted by Gasteiger charge is 2.03. The molecule has 1 heterocycles. The van der Waals surface area contributed by atoms with Crippen molar-refractivity contribution in [3.05, 3.63) is 39.4 Å². The molecule has 112 valence electrons. The number of benzene rings is 1. The molecule has 0 saturated carbocycles.